The number of halogens is 2. The summed E-state index contributed by atoms with van der Waals surface area (Å²) in [6.45, 7) is 1.03. The molecule has 1 fully saturated rings. The smallest absolute Gasteiger partial charge is 0.282 e. The van der Waals surface area contributed by atoms with Crippen LogP contribution >= 0.6 is 35.0 Å². The highest BCUT2D eigenvalue weighted by Crippen LogP contribution is 2.38. The molecule has 1 aliphatic rings. The van der Waals surface area contributed by atoms with Crippen LogP contribution in [0.25, 0.3) is 0 Å². The highest BCUT2D eigenvalue weighted by atomic mass is 35.5. The maximum absolute atomic E-state index is 12.9. The first-order chi connectivity index (χ1) is 12.5. The van der Waals surface area contributed by atoms with Crippen LogP contribution in [-0.2, 0) is 0 Å². The predicted molar refractivity (Wildman–Crippen MR) is 105 cm³/mol. The number of nitrogens with zero attached hydrogens (tertiary/aromatic N) is 2. The summed E-state index contributed by atoms with van der Waals surface area (Å²) in [6.07, 6.45) is 0.731. The molecule has 1 amide bonds. The lowest BCUT2D eigenvalue weighted by Crippen LogP contribution is -2.33. The molecule has 1 aliphatic heterocycles. The number of hydrogen-bond donors (Lipinski definition) is 0. The highest BCUT2D eigenvalue weighted by molar-refractivity contribution is 7.99. The number of nitro groups is 1. The molecule has 0 saturated carbocycles. The Bertz CT molecular complexity index is 847. The standard InChI is InChI=1S/C18H16Cl2N2O3S/c19-12-5-6-16(22(24)25)14(11-12)18(23)21-8-7-17(26-10-9-21)13-3-1-2-4-15(13)20/h1-6,11,17H,7-10H2. The van der Waals surface area contributed by atoms with E-state index in [1.807, 2.05) is 24.3 Å². The summed E-state index contributed by atoms with van der Waals surface area (Å²) in [4.78, 5) is 25.2. The van der Waals surface area contributed by atoms with Crippen LogP contribution in [0.2, 0.25) is 10.0 Å². The first-order valence-electron chi connectivity index (χ1n) is 8.06. The van der Waals surface area contributed by atoms with Crippen LogP contribution in [0.3, 0.4) is 0 Å². The molecule has 0 spiro atoms. The van der Waals surface area contributed by atoms with E-state index in [1.165, 1.54) is 18.2 Å². The van der Waals surface area contributed by atoms with Crippen LogP contribution in [0.5, 0.6) is 0 Å². The lowest BCUT2D eigenvalue weighted by molar-refractivity contribution is -0.385. The lowest BCUT2D eigenvalue weighted by atomic mass is 10.1. The van der Waals surface area contributed by atoms with Gasteiger partial charge in [-0.3, -0.25) is 14.9 Å². The van der Waals surface area contributed by atoms with Crippen molar-refractivity contribution >= 4 is 46.6 Å². The number of carbonyl (C=O) groups excluding carboxylic acids is 1. The van der Waals surface area contributed by atoms with Crippen molar-refractivity contribution < 1.29 is 9.72 Å². The molecule has 0 N–H and O–H groups in total. The fourth-order valence-electron chi connectivity index (χ4n) is 2.97. The Morgan fingerprint density at radius 1 is 1.19 bits per heavy atom. The summed E-state index contributed by atoms with van der Waals surface area (Å²) >= 11 is 14.0. The van der Waals surface area contributed by atoms with E-state index in [0.29, 0.717) is 18.1 Å². The maximum atomic E-state index is 12.9. The monoisotopic (exact) mass is 410 g/mol. The summed E-state index contributed by atoms with van der Waals surface area (Å²) in [5, 5.41) is 12.4. The van der Waals surface area contributed by atoms with Gasteiger partial charge >= 0.3 is 0 Å². The van der Waals surface area contributed by atoms with Crippen molar-refractivity contribution in [2.75, 3.05) is 18.8 Å². The molecule has 1 heterocycles. The third kappa shape index (κ3) is 4.14. The summed E-state index contributed by atoms with van der Waals surface area (Å²) in [7, 11) is 0. The fraction of sp³-hybridized carbons (Fsp3) is 0.278. The van der Waals surface area contributed by atoms with Crippen LogP contribution < -0.4 is 0 Å². The van der Waals surface area contributed by atoms with Crippen LogP contribution in [0.4, 0.5) is 5.69 Å². The van der Waals surface area contributed by atoms with Gasteiger partial charge in [-0.1, -0.05) is 41.4 Å². The predicted octanol–water partition coefficient (Wildman–Crippen LogP) is 5.22. The average molecular weight is 411 g/mol. The van der Waals surface area contributed by atoms with Crippen molar-refractivity contribution in [1.29, 1.82) is 0 Å². The Labute approximate surface area is 165 Å². The number of rotatable bonds is 3. The molecular formula is C18H16Cl2N2O3S. The summed E-state index contributed by atoms with van der Waals surface area (Å²) in [6, 6.07) is 11.8. The molecule has 8 heteroatoms. The van der Waals surface area contributed by atoms with Gasteiger partial charge in [0.05, 0.1) is 4.92 Å². The molecule has 1 atom stereocenters. The number of nitro benzene ring substituents is 1. The van der Waals surface area contributed by atoms with Crippen molar-refractivity contribution in [2.24, 2.45) is 0 Å². The van der Waals surface area contributed by atoms with E-state index in [-0.39, 0.29) is 22.4 Å². The molecule has 1 saturated heterocycles. The Morgan fingerprint density at radius 3 is 2.69 bits per heavy atom. The van der Waals surface area contributed by atoms with Gasteiger partial charge in [0.15, 0.2) is 0 Å². The van der Waals surface area contributed by atoms with Crippen LogP contribution in [0.1, 0.15) is 27.6 Å². The Morgan fingerprint density at radius 2 is 1.96 bits per heavy atom. The van der Waals surface area contributed by atoms with E-state index in [2.05, 4.69) is 0 Å². The topological polar surface area (TPSA) is 63.4 Å². The minimum atomic E-state index is -0.553. The quantitative estimate of drug-likeness (QED) is 0.513. The van der Waals surface area contributed by atoms with Crippen molar-refractivity contribution in [2.45, 2.75) is 11.7 Å². The molecule has 2 aromatic carbocycles. The van der Waals surface area contributed by atoms with E-state index in [4.69, 9.17) is 23.2 Å². The van der Waals surface area contributed by atoms with Gasteiger partial charge in [0.2, 0.25) is 0 Å². The molecule has 0 bridgehead atoms. The second kappa shape index (κ2) is 8.29. The first kappa shape index (κ1) is 19.0. The van der Waals surface area contributed by atoms with Gasteiger partial charge in [0.25, 0.3) is 11.6 Å². The maximum Gasteiger partial charge on any atom is 0.282 e. The van der Waals surface area contributed by atoms with Crippen molar-refractivity contribution in [3.05, 3.63) is 73.8 Å². The molecule has 0 radical (unpaired) electrons. The zero-order valence-electron chi connectivity index (χ0n) is 13.7. The highest BCUT2D eigenvalue weighted by Gasteiger charge is 2.28. The van der Waals surface area contributed by atoms with Gasteiger partial charge in [-0.15, -0.1) is 0 Å². The molecule has 5 nitrogen and oxygen atoms in total. The molecular weight excluding hydrogens is 395 g/mol. The van der Waals surface area contributed by atoms with Crippen molar-refractivity contribution in [3.8, 4) is 0 Å². The third-order valence-electron chi connectivity index (χ3n) is 4.27. The van der Waals surface area contributed by atoms with Crippen LogP contribution in [0.15, 0.2) is 42.5 Å². The molecule has 136 valence electrons. The van der Waals surface area contributed by atoms with E-state index in [0.717, 1.165) is 22.8 Å². The minimum Gasteiger partial charge on any atom is -0.338 e. The van der Waals surface area contributed by atoms with Crippen LogP contribution in [0, 0.1) is 10.1 Å². The SMILES string of the molecule is O=C(c1cc(Cl)ccc1[N+](=O)[O-])N1CCSC(c2ccccc2Cl)CC1. The molecule has 26 heavy (non-hydrogen) atoms. The molecule has 3 rings (SSSR count). The average Bonchev–Trinajstić information content (AvgIpc) is 2.87. The van der Waals surface area contributed by atoms with E-state index < -0.39 is 4.92 Å². The summed E-state index contributed by atoms with van der Waals surface area (Å²) in [5.41, 5.74) is 0.866. The van der Waals surface area contributed by atoms with E-state index >= 15 is 0 Å². The fourth-order valence-corrected chi connectivity index (χ4v) is 4.74. The number of carbonyl (C=O) groups is 1. The van der Waals surface area contributed by atoms with Gasteiger partial charge in [0, 0.05) is 40.2 Å². The van der Waals surface area contributed by atoms with Gasteiger partial charge in [-0.2, -0.15) is 11.8 Å². The third-order valence-corrected chi connectivity index (χ3v) is 6.16. The van der Waals surface area contributed by atoms with Gasteiger partial charge < -0.3 is 4.90 Å². The molecule has 0 aromatic heterocycles. The first-order valence-corrected chi connectivity index (χ1v) is 9.87. The second-order valence-corrected chi connectivity index (χ2v) is 8.03. The molecule has 0 aliphatic carbocycles. The summed E-state index contributed by atoms with van der Waals surface area (Å²) < 4.78 is 0. The van der Waals surface area contributed by atoms with E-state index in [9.17, 15) is 14.9 Å². The zero-order valence-corrected chi connectivity index (χ0v) is 16.1. The summed E-state index contributed by atoms with van der Waals surface area (Å²) in [5.74, 6) is 0.371. The second-order valence-electron chi connectivity index (χ2n) is 5.88. The van der Waals surface area contributed by atoms with Gasteiger partial charge in [0.1, 0.15) is 5.56 Å². The van der Waals surface area contributed by atoms with Gasteiger partial charge in [-0.25, -0.2) is 0 Å². The van der Waals surface area contributed by atoms with Crippen LogP contribution in [-0.4, -0.2) is 34.6 Å². The van der Waals surface area contributed by atoms with E-state index in [1.54, 1.807) is 16.7 Å². The Kier molecular flexibility index (Phi) is 6.06. The minimum absolute atomic E-state index is 0.0312. The number of thioether (sulfide) groups is 1. The van der Waals surface area contributed by atoms with Crippen molar-refractivity contribution in [3.63, 3.8) is 0 Å². The molecule has 1 unspecified atom stereocenters. The largest absolute Gasteiger partial charge is 0.338 e. The number of benzene rings is 2. The Hall–Kier alpha value is -1.76. The lowest BCUT2D eigenvalue weighted by Gasteiger charge is -2.20. The van der Waals surface area contributed by atoms with Gasteiger partial charge in [-0.05, 0) is 30.2 Å². The Balaban J connectivity index is 1.79. The molecule has 2 aromatic rings. The zero-order chi connectivity index (χ0) is 18.7. The number of hydrogen-bond acceptors (Lipinski definition) is 4. The van der Waals surface area contributed by atoms with Crippen molar-refractivity contribution in [1.82, 2.24) is 4.90 Å². The number of amides is 1. The normalized spacial score (nSPS) is 17.6.